The van der Waals surface area contributed by atoms with Gasteiger partial charge in [-0.15, -0.1) is 13.2 Å². The van der Waals surface area contributed by atoms with E-state index in [9.17, 15) is 22.8 Å². The van der Waals surface area contributed by atoms with Crippen LogP contribution in [0.5, 0.6) is 5.75 Å². The molecule has 3 rings (SSSR count). The second-order valence-corrected chi connectivity index (χ2v) is 6.09. The van der Waals surface area contributed by atoms with E-state index in [2.05, 4.69) is 15.4 Å². The minimum absolute atomic E-state index is 0.0888. The van der Waals surface area contributed by atoms with E-state index in [0.29, 0.717) is 11.4 Å². The summed E-state index contributed by atoms with van der Waals surface area (Å²) in [5.74, 6) is -0.409. The minimum atomic E-state index is -4.80. The van der Waals surface area contributed by atoms with Gasteiger partial charge in [0.2, 0.25) is 0 Å². The van der Waals surface area contributed by atoms with Gasteiger partial charge in [0.15, 0.2) is 0 Å². The van der Waals surface area contributed by atoms with Gasteiger partial charge in [0.05, 0.1) is 11.4 Å². The molecule has 29 heavy (non-hydrogen) atoms. The van der Waals surface area contributed by atoms with Crippen molar-refractivity contribution >= 4 is 17.4 Å². The van der Waals surface area contributed by atoms with Crippen molar-refractivity contribution in [3.8, 4) is 11.4 Å². The number of para-hydroxylation sites is 1. The zero-order valence-electron chi connectivity index (χ0n) is 15.4. The molecule has 0 saturated carbocycles. The first-order chi connectivity index (χ1) is 13.7. The molecule has 0 aliphatic heterocycles. The number of rotatable bonds is 4. The molecule has 0 radical (unpaired) electrons. The van der Waals surface area contributed by atoms with Crippen LogP contribution in [0.15, 0.2) is 59.4 Å². The van der Waals surface area contributed by atoms with Gasteiger partial charge in [-0.2, -0.15) is 0 Å². The van der Waals surface area contributed by atoms with Crippen LogP contribution in [-0.2, 0) is 7.05 Å². The van der Waals surface area contributed by atoms with E-state index in [0.717, 1.165) is 12.1 Å². The molecule has 152 valence electrons. The summed E-state index contributed by atoms with van der Waals surface area (Å²) in [5.41, 5.74) is 1.07. The number of ether oxygens (including phenoxy) is 1. The van der Waals surface area contributed by atoms with Gasteiger partial charge in [-0.25, -0.2) is 9.48 Å². The first-order valence-electron chi connectivity index (χ1n) is 8.43. The molecular formula is C19H17F3N4O3. The van der Waals surface area contributed by atoms with Gasteiger partial charge in [-0.3, -0.25) is 9.48 Å². The van der Waals surface area contributed by atoms with Crippen LogP contribution in [0.2, 0.25) is 0 Å². The lowest BCUT2D eigenvalue weighted by atomic mass is 10.3. The number of benzene rings is 2. The van der Waals surface area contributed by atoms with Gasteiger partial charge in [0.1, 0.15) is 11.4 Å². The summed E-state index contributed by atoms with van der Waals surface area (Å²) >= 11 is 0. The molecule has 1 heterocycles. The SMILES string of the molecule is Cc1c(NC(=O)Nc2ccc(OC(F)(F)F)cc2)c(=O)n(-c2ccccc2)n1C. The molecule has 1 aromatic heterocycles. The summed E-state index contributed by atoms with van der Waals surface area (Å²) in [6, 6.07) is 12.8. The van der Waals surface area contributed by atoms with Crippen molar-refractivity contribution in [2.24, 2.45) is 7.05 Å². The standard InChI is InChI=1S/C19H17F3N4O3/c1-12-16(17(27)26(25(12)2)14-6-4-3-5-7-14)24-18(28)23-13-8-10-15(11-9-13)29-19(20,21)22/h3-11H,1-2H3,(H2,23,24,28). The quantitative estimate of drug-likeness (QED) is 0.687. The maximum atomic E-state index is 12.8. The molecule has 0 bridgehead atoms. The number of hydrogen-bond donors (Lipinski definition) is 2. The monoisotopic (exact) mass is 406 g/mol. The number of halogens is 3. The molecular weight excluding hydrogens is 389 g/mol. The Morgan fingerprint density at radius 1 is 1.00 bits per heavy atom. The topological polar surface area (TPSA) is 77.3 Å². The first-order valence-corrected chi connectivity index (χ1v) is 8.43. The van der Waals surface area contributed by atoms with Gasteiger partial charge >= 0.3 is 12.4 Å². The van der Waals surface area contributed by atoms with Crippen LogP contribution >= 0.6 is 0 Å². The fourth-order valence-electron chi connectivity index (χ4n) is 2.73. The maximum absolute atomic E-state index is 12.8. The van der Waals surface area contributed by atoms with E-state index in [-0.39, 0.29) is 11.4 Å². The number of carbonyl (C=O) groups excluding carboxylic acids is 1. The Balaban J connectivity index is 1.76. The molecule has 3 aromatic rings. The Hall–Kier alpha value is -3.69. The third-order valence-electron chi connectivity index (χ3n) is 4.14. The van der Waals surface area contributed by atoms with E-state index in [1.807, 2.05) is 6.07 Å². The van der Waals surface area contributed by atoms with Crippen molar-refractivity contribution < 1.29 is 22.7 Å². The highest BCUT2D eigenvalue weighted by atomic mass is 19.4. The van der Waals surface area contributed by atoms with Gasteiger partial charge in [0, 0.05) is 12.7 Å². The number of nitrogens with zero attached hydrogens (tertiary/aromatic N) is 2. The third kappa shape index (κ3) is 4.60. The van der Waals surface area contributed by atoms with E-state index in [4.69, 9.17) is 0 Å². The average Bonchev–Trinajstić information content (AvgIpc) is 2.86. The van der Waals surface area contributed by atoms with E-state index < -0.39 is 23.7 Å². The van der Waals surface area contributed by atoms with Crippen molar-refractivity contribution in [2.75, 3.05) is 10.6 Å². The second-order valence-electron chi connectivity index (χ2n) is 6.09. The normalized spacial score (nSPS) is 11.2. The fourth-order valence-corrected chi connectivity index (χ4v) is 2.73. The molecule has 0 fully saturated rings. The number of aromatic nitrogens is 2. The predicted octanol–water partition coefficient (Wildman–Crippen LogP) is 4.03. The number of nitrogens with one attached hydrogen (secondary N) is 2. The molecule has 0 saturated heterocycles. The number of amides is 2. The number of carbonyl (C=O) groups is 1. The van der Waals surface area contributed by atoms with Crippen LogP contribution in [0.1, 0.15) is 5.69 Å². The van der Waals surface area contributed by atoms with Crippen molar-refractivity contribution in [2.45, 2.75) is 13.3 Å². The van der Waals surface area contributed by atoms with Crippen LogP contribution in [0, 0.1) is 6.92 Å². The van der Waals surface area contributed by atoms with Crippen molar-refractivity contribution in [1.29, 1.82) is 0 Å². The van der Waals surface area contributed by atoms with Crippen molar-refractivity contribution in [1.82, 2.24) is 9.36 Å². The average molecular weight is 406 g/mol. The molecule has 0 unspecified atom stereocenters. The van der Waals surface area contributed by atoms with Crippen LogP contribution in [0.25, 0.3) is 5.69 Å². The highest BCUT2D eigenvalue weighted by Gasteiger charge is 2.31. The highest BCUT2D eigenvalue weighted by molar-refractivity contribution is 6.00. The van der Waals surface area contributed by atoms with Crippen LogP contribution < -0.4 is 20.9 Å². The Kier molecular flexibility index (Phi) is 5.35. The van der Waals surface area contributed by atoms with Gasteiger partial charge < -0.3 is 15.4 Å². The van der Waals surface area contributed by atoms with Crippen LogP contribution in [0.4, 0.5) is 29.3 Å². The molecule has 2 amide bonds. The van der Waals surface area contributed by atoms with Gasteiger partial charge in [-0.05, 0) is 43.3 Å². The largest absolute Gasteiger partial charge is 0.573 e. The van der Waals surface area contributed by atoms with E-state index in [1.54, 1.807) is 42.9 Å². The molecule has 2 aromatic carbocycles. The Morgan fingerprint density at radius 3 is 2.21 bits per heavy atom. The number of hydrogen-bond acceptors (Lipinski definition) is 3. The summed E-state index contributed by atoms with van der Waals surface area (Å²) in [5, 5.41) is 4.95. The van der Waals surface area contributed by atoms with Crippen LogP contribution in [0.3, 0.4) is 0 Å². The summed E-state index contributed by atoms with van der Waals surface area (Å²) in [4.78, 5) is 25.0. The molecule has 0 aliphatic rings. The Morgan fingerprint density at radius 2 is 1.62 bits per heavy atom. The molecule has 0 atom stereocenters. The predicted molar refractivity (Wildman–Crippen MR) is 102 cm³/mol. The summed E-state index contributed by atoms with van der Waals surface area (Å²) < 4.78 is 43.4. The summed E-state index contributed by atoms with van der Waals surface area (Å²) in [6.07, 6.45) is -4.80. The lowest BCUT2D eigenvalue weighted by Gasteiger charge is -2.10. The Labute approximate surface area is 163 Å². The highest BCUT2D eigenvalue weighted by Crippen LogP contribution is 2.24. The third-order valence-corrected chi connectivity index (χ3v) is 4.14. The van der Waals surface area contributed by atoms with Gasteiger partial charge in [0.25, 0.3) is 5.56 Å². The zero-order chi connectivity index (χ0) is 21.2. The summed E-state index contributed by atoms with van der Waals surface area (Å²) in [7, 11) is 1.69. The van der Waals surface area contributed by atoms with E-state index >= 15 is 0 Å². The molecule has 10 heteroatoms. The number of alkyl halides is 3. The van der Waals surface area contributed by atoms with Crippen molar-refractivity contribution in [3.63, 3.8) is 0 Å². The lowest BCUT2D eigenvalue weighted by molar-refractivity contribution is -0.274. The molecule has 2 N–H and O–H groups in total. The van der Waals surface area contributed by atoms with Crippen molar-refractivity contribution in [3.05, 3.63) is 70.6 Å². The summed E-state index contributed by atoms with van der Waals surface area (Å²) in [6.45, 7) is 1.68. The smallest absolute Gasteiger partial charge is 0.406 e. The molecule has 7 nitrogen and oxygen atoms in total. The maximum Gasteiger partial charge on any atom is 0.573 e. The minimum Gasteiger partial charge on any atom is -0.406 e. The number of anilines is 2. The first kappa shape index (κ1) is 20.1. The van der Waals surface area contributed by atoms with Gasteiger partial charge in [-0.1, -0.05) is 18.2 Å². The molecule has 0 spiro atoms. The molecule has 0 aliphatic carbocycles. The zero-order valence-corrected chi connectivity index (χ0v) is 15.4. The lowest BCUT2D eigenvalue weighted by Crippen LogP contribution is -2.25. The second kappa shape index (κ2) is 7.74. The van der Waals surface area contributed by atoms with E-state index in [1.165, 1.54) is 16.8 Å². The number of urea groups is 1. The Bertz CT molecular complexity index is 1070. The fraction of sp³-hybridized carbons (Fsp3) is 0.158. The van der Waals surface area contributed by atoms with Crippen LogP contribution in [-0.4, -0.2) is 21.8 Å².